The number of carbonyl (C=O) groups is 2. The third kappa shape index (κ3) is 4.86. The number of nitrogens with one attached hydrogen (secondary N) is 1. The number of phenolic OH excluding ortho intramolecular Hbond substituents is 1. The molecular formula is C21H22ClN3O4. The Morgan fingerprint density at radius 1 is 1.24 bits per heavy atom. The molecule has 3 rings (SSSR count). The molecule has 3 aromatic rings. The van der Waals surface area contributed by atoms with E-state index < -0.39 is 5.97 Å². The average Bonchev–Trinajstić information content (AvgIpc) is 3.10. The fourth-order valence-electron chi connectivity index (χ4n) is 3.04. The van der Waals surface area contributed by atoms with Crippen molar-refractivity contribution in [3.8, 4) is 5.75 Å². The monoisotopic (exact) mass is 415 g/mol. The Morgan fingerprint density at radius 2 is 2.03 bits per heavy atom. The molecule has 0 fully saturated rings. The van der Waals surface area contributed by atoms with Crippen molar-refractivity contribution in [1.82, 2.24) is 9.78 Å². The highest BCUT2D eigenvalue weighted by molar-refractivity contribution is 6.37. The van der Waals surface area contributed by atoms with Crippen LogP contribution in [-0.4, -0.2) is 31.9 Å². The Balaban J connectivity index is 1.67. The number of rotatable bonds is 8. The maximum atomic E-state index is 12.3. The van der Waals surface area contributed by atoms with E-state index in [9.17, 15) is 19.8 Å². The Kier molecular flexibility index (Phi) is 6.39. The second-order valence-corrected chi connectivity index (χ2v) is 7.19. The number of hydrogen-bond acceptors (Lipinski definition) is 4. The molecule has 0 atom stereocenters. The number of anilines is 1. The van der Waals surface area contributed by atoms with Crippen LogP contribution in [0.1, 0.15) is 42.1 Å². The number of halogens is 1. The highest BCUT2D eigenvalue weighted by Crippen LogP contribution is 2.32. The van der Waals surface area contributed by atoms with Gasteiger partial charge in [-0.3, -0.25) is 9.48 Å². The molecule has 0 aliphatic carbocycles. The summed E-state index contributed by atoms with van der Waals surface area (Å²) in [6.45, 7) is 2.63. The third-order valence-electron chi connectivity index (χ3n) is 4.63. The molecule has 8 heteroatoms. The lowest BCUT2D eigenvalue weighted by atomic mass is 10.0. The number of hydrogen-bond donors (Lipinski definition) is 3. The first kappa shape index (κ1) is 20.7. The van der Waals surface area contributed by atoms with Crippen LogP contribution < -0.4 is 5.32 Å². The van der Waals surface area contributed by atoms with Crippen molar-refractivity contribution >= 4 is 40.1 Å². The molecule has 3 N–H and O–H groups in total. The zero-order valence-electron chi connectivity index (χ0n) is 16.0. The first-order chi connectivity index (χ1) is 13.9. The number of aromatic nitrogens is 2. The van der Waals surface area contributed by atoms with Crippen molar-refractivity contribution < 1.29 is 19.8 Å². The number of benzene rings is 2. The number of aromatic hydroxyl groups is 1. The number of aromatic carboxylic acids is 1. The summed E-state index contributed by atoms with van der Waals surface area (Å²) >= 11 is 6.10. The molecule has 0 aliphatic rings. The number of carboxylic acid groups (broad SMARTS) is 1. The molecule has 1 amide bonds. The van der Waals surface area contributed by atoms with Gasteiger partial charge in [0, 0.05) is 24.5 Å². The van der Waals surface area contributed by atoms with E-state index in [1.807, 2.05) is 25.1 Å². The molecule has 0 radical (unpaired) electrons. The van der Waals surface area contributed by atoms with Crippen molar-refractivity contribution in [1.29, 1.82) is 0 Å². The molecule has 7 nitrogen and oxygen atoms in total. The van der Waals surface area contributed by atoms with Gasteiger partial charge in [-0.25, -0.2) is 4.79 Å². The zero-order chi connectivity index (χ0) is 21.0. The van der Waals surface area contributed by atoms with Gasteiger partial charge in [0.1, 0.15) is 11.3 Å². The summed E-state index contributed by atoms with van der Waals surface area (Å²) in [6.07, 6.45) is 3.92. The van der Waals surface area contributed by atoms with Gasteiger partial charge >= 0.3 is 5.97 Å². The molecule has 0 unspecified atom stereocenters. The van der Waals surface area contributed by atoms with Gasteiger partial charge in [-0.1, -0.05) is 49.2 Å². The molecule has 0 bridgehead atoms. The van der Waals surface area contributed by atoms with E-state index in [4.69, 9.17) is 11.6 Å². The van der Waals surface area contributed by atoms with E-state index in [2.05, 4.69) is 10.4 Å². The Bertz CT molecular complexity index is 1060. The van der Waals surface area contributed by atoms with E-state index >= 15 is 0 Å². The minimum absolute atomic E-state index is 0.0189. The van der Waals surface area contributed by atoms with Crippen molar-refractivity contribution in [3.63, 3.8) is 0 Å². The summed E-state index contributed by atoms with van der Waals surface area (Å²) in [7, 11) is 0. The van der Waals surface area contributed by atoms with Gasteiger partial charge in [0.05, 0.1) is 5.02 Å². The highest BCUT2D eigenvalue weighted by atomic mass is 35.5. The van der Waals surface area contributed by atoms with Crippen molar-refractivity contribution in [2.75, 3.05) is 5.32 Å². The van der Waals surface area contributed by atoms with Crippen LogP contribution >= 0.6 is 11.6 Å². The van der Waals surface area contributed by atoms with Crippen LogP contribution in [0.4, 0.5) is 5.82 Å². The van der Waals surface area contributed by atoms with Gasteiger partial charge in [-0.2, -0.15) is 5.10 Å². The second-order valence-electron chi connectivity index (χ2n) is 6.82. The molecule has 152 valence electrons. The van der Waals surface area contributed by atoms with Gasteiger partial charge in [-0.05, 0) is 29.9 Å². The van der Waals surface area contributed by atoms with Crippen molar-refractivity contribution in [3.05, 3.63) is 52.7 Å². The van der Waals surface area contributed by atoms with Crippen LogP contribution in [-0.2, 0) is 17.8 Å². The van der Waals surface area contributed by atoms with E-state index in [0.717, 1.165) is 29.2 Å². The van der Waals surface area contributed by atoms with Gasteiger partial charge in [0.25, 0.3) is 0 Å². The lowest BCUT2D eigenvalue weighted by molar-refractivity contribution is -0.116. The summed E-state index contributed by atoms with van der Waals surface area (Å²) in [5, 5.41) is 27.7. The molecule has 1 heterocycles. The van der Waals surface area contributed by atoms with Crippen LogP contribution in [0.25, 0.3) is 10.8 Å². The van der Waals surface area contributed by atoms with Crippen LogP contribution in [0, 0.1) is 0 Å². The summed E-state index contributed by atoms with van der Waals surface area (Å²) in [5.74, 6) is -1.34. The predicted molar refractivity (Wildman–Crippen MR) is 112 cm³/mol. The first-order valence-electron chi connectivity index (χ1n) is 9.39. The van der Waals surface area contributed by atoms with Crippen LogP contribution in [0.2, 0.25) is 5.02 Å². The fraction of sp³-hybridized carbons (Fsp3) is 0.286. The largest absolute Gasteiger partial charge is 0.506 e. The molecule has 1 aromatic heterocycles. The van der Waals surface area contributed by atoms with Gasteiger partial charge in [0.15, 0.2) is 5.82 Å². The standard InChI is InChI=1S/C21H22ClN3O4/c1-2-3-10-25-12-16(21(28)29)20(24-25)23-18(27)9-5-13-4-7-15-14(11-13)6-8-17(26)19(15)22/h4,6-8,11-12,26H,2-3,5,9-10H2,1H3,(H,28,29)(H,23,24,27). The van der Waals surface area contributed by atoms with Crippen LogP contribution in [0.5, 0.6) is 5.75 Å². The molecule has 29 heavy (non-hydrogen) atoms. The smallest absolute Gasteiger partial charge is 0.341 e. The van der Waals surface area contributed by atoms with E-state index in [-0.39, 0.29) is 29.5 Å². The molecule has 2 aromatic carbocycles. The number of carboxylic acids is 1. The number of aryl methyl sites for hydroxylation is 2. The van der Waals surface area contributed by atoms with E-state index in [1.54, 1.807) is 10.7 Å². The second kappa shape index (κ2) is 8.96. The molecule has 0 aliphatic heterocycles. The zero-order valence-corrected chi connectivity index (χ0v) is 16.7. The minimum atomic E-state index is -1.13. The van der Waals surface area contributed by atoms with E-state index in [0.29, 0.717) is 18.0 Å². The number of unbranched alkanes of at least 4 members (excludes halogenated alkanes) is 1. The van der Waals surface area contributed by atoms with Gasteiger partial charge < -0.3 is 15.5 Å². The van der Waals surface area contributed by atoms with Crippen LogP contribution in [0.3, 0.4) is 0 Å². The van der Waals surface area contributed by atoms with Gasteiger partial charge in [-0.15, -0.1) is 0 Å². The van der Waals surface area contributed by atoms with Gasteiger partial charge in [0.2, 0.25) is 5.91 Å². The molecule has 0 saturated heterocycles. The molecular weight excluding hydrogens is 394 g/mol. The lowest BCUT2D eigenvalue weighted by Crippen LogP contribution is -2.15. The maximum Gasteiger partial charge on any atom is 0.341 e. The SMILES string of the molecule is CCCCn1cc(C(=O)O)c(NC(=O)CCc2ccc3c(Cl)c(O)ccc3c2)n1. The maximum absolute atomic E-state index is 12.3. The topological polar surface area (TPSA) is 104 Å². The Hall–Kier alpha value is -3.06. The lowest BCUT2D eigenvalue weighted by Gasteiger charge is -2.07. The fourth-order valence-corrected chi connectivity index (χ4v) is 3.28. The number of amides is 1. The number of fused-ring (bicyclic) bond motifs is 1. The summed E-state index contributed by atoms with van der Waals surface area (Å²) in [4.78, 5) is 23.8. The normalized spacial score (nSPS) is 11.0. The molecule has 0 saturated carbocycles. The number of nitrogens with zero attached hydrogens (tertiary/aromatic N) is 2. The highest BCUT2D eigenvalue weighted by Gasteiger charge is 2.17. The first-order valence-corrected chi connectivity index (χ1v) is 9.77. The summed E-state index contributed by atoms with van der Waals surface area (Å²) in [6, 6.07) is 8.87. The third-order valence-corrected chi connectivity index (χ3v) is 5.03. The average molecular weight is 416 g/mol. The van der Waals surface area contributed by atoms with E-state index in [1.165, 1.54) is 12.3 Å². The predicted octanol–water partition coefficient (Wildman–Crippen LogP) is 4.46. The Labute approximate surface area is 172 Å². The number of phenols is 1. The van der Waals surface area contributed by atoms with Crippen LogP contribution in [0.15, 0.2) is 36.5 Å². The quantitative estimate of drug-likeness (QED) is 0.503. The summed E-state index contributed by atoms with van der Waals surface area (Å²) < 4.78 is 1.55. The minimum Gasteiger partial charge on any atom is -0.506 e. The Morgan fingerprint density at radius 3 is 2.76 bits per heavy atom. The van der Waals surface area contributed by atoms with Crippen molar-refractivity contribution in [2.24, 2.45) is 0 Å². The van der Waals surface area contributed by atoms with Crippen molar-refractivity contribution in [2.45, 2.75) is 39.2 Å². The summed E-state index contributed by atoms with van der Waals surface area (Å²) in [5.41, 5.74) is 0.913. The number of carbonyl (C=O) groups excluding carboxylic acids is 1. The molecule has 0 spiro atoms.